The number of rotatable bonds is 0. The lowest BCUT2D eigenvalue weighted by Gasteiger charge is -2.16. The molecule has 1 aromatic carbocycles. The van der Waals surface area contributed by atoms with E-state index in [1.807, 2.05) is 19.9 Å². The molecule has 2 atom stereocenters. The van der Waals surface area contributed by atoms with Crippen molar-refractivity contribution in [1.82, 2.24) is 0 Å². The van der Waals surface area contributed by atoms with Crippen LogP contribution in [0, 0.1) is 11.3 Å². The highest BCUT2D eigenvalue weighted by Gasteiger charge is 2.86. The van der Waals surface area contributed by atoms with Gasteiger partial charge in [0.1, 0.15) is 0 Å². The van der Waals surface area contributed by atoms with Crippen molar-refractivity contribution in [2.45, 2.75) is 19.3 Å². The van der Waals surface area contributed by atoms with Crippen LogP contribution in [0.15, 0.2) is 18.2 Å². The van der Waals surface area contributed by atoms with Gasteiger partial charge in [0.25, 0.3) is 5.78 Å². The second-order valence-electron chi connectivity index (χ2n) is 6.34. The molecule has 1 saturated carbocycles. The number of Topliss-reactive ketones (excluding diaryl/α,β-unsaturated/α-hetero) is 1. The van der Waals surface area contributed by atoms with E-state index >= 15 is 0 Å². The molecule has 1 spiro atoms. The molecule has 2 unspecified atom stereocenters. The smallest absolute Gasteiger partial charge is 0.344 e. The predicted molar refractivity (Wildman–Crippen MR) is 71.8 cm³/mol. The summed E-state index contributed by atoms with van der Waals surface area (Å²) in [6.45, 7) is 3.91. The van der Waals surface area contributed by atoms with E-state index in [0.29, 0.717) is 5.56 Å². The minimum Gasteiger partial charge on any atom is -0.361 e. The summed E-state index contributed by atoms with van der Waals surface area (Å²) in [6, 6.07) is 5.34. The van der Waals surface area contributed by atoms with Crippen LogP contribution in [0.2, 0.25) is 0 Å². The first-order valence-electron chi connectivity index (χ1n) is 6.59. The van der Waals surface area contributed by atoms with Crippen LogP contribution in [0.5, 0.6) is 0 Å². The van der Waals surface area contributed by atoms with E-state index in [1.165, 1.54) is 0 Å². The van der Waals surface area contributed by atoms with Crippen LogP contribution in [-0.2, 0) is 10.2 Å². The molecule has 1 aliphatic heterocycles. The zero-order valence-electron chi connectivity index (χ0n) is 11.5. The van der Waals surface area contributed by atoms with Crippen molar-refractivity contribution < 1.29 is 14.4 Å². The molecule has 0 N–H and O–H groups in total. The molecular weight excluding hydrogens is 254 g/mol. The molecule has 1 heterocycles. The van der Waals surface area contributed by atoms with Gasteiger partial charge in [0.2, 0.25) is 5.91 Å². The number of likely N-dealkylation sites (N-methyl/N-ethyl adjacent to an activating group) is 1. The van der Waals surface area contributed by atoms with E-state index in [-0.39, 0.29) is 23.3 Å². The van der Waals surface area contributed by atoms with Crippen LogP contribution in [-0.4, -0.2) is 29.2 Å². The molecule has 1 aromatic rings. The van der Waals surface area contributed by atoms with Gasteiger partial charge in [-0.05, 0) is 11.5 Å². The van der Waals surface area contributed by atoms with Crippen molar-refractivity contribution in [3.8, 4) is 0 Å². The van der Waals surface area contributed by atoms with Gasteiger partial charge < -0.3 is 10.4 Å². The van der Waals surface area contributed by atoms with Gasteiger partial charge in [-0.3, -0.25) is 9.59 Å². The molecule has 0 aromatic heterocycles. The lowest BCUT2D eigenvalue weighted by Crippen LogP contribution is -2.36. The maximum Gasteiger partial charge on any atom is 0.344 e. The molecule has 4 rings (SSSR count). The molecular formula is C15H13N3O2. The van der Waals surface area contributed by atoms with Crippen molar-refractivity contribution in [3.05, 3.63) is 34.9 Å². The monoisotopic (exact) mass is 267 g/mol. The second kappa shape index (κ2) is 2.91. The van der Waals surface area contributed by atoms with Gasteiger partial charge in [-0.1, -0.05) is 26.0 Å². The van der Waals surface area contributed by atoms with Crippen molar-refractivity contribution >= 4 is 23.1 Å². The summed E-state index contributed by atoms with van der Waals surface area (Å²) in [5, 5.41) is 0. The van der Waals surface area contributed by atoms with Gasteiger partial charge in [-0.15, -0.1) is 0 Å². The van der Waals surface area contributed by atoms with E-state index in [9.17, 15) is 15.1 Å². The average molecular weight is 267 g/mol. The highest BCUT2D eigenvalue weighted by Crippen LogP contribution is 2.76. The molecule has 2 aliphatic carbocycles. The highest BCUT2D eigenvalue weighted by molar-refractivity contribution is 6.49. The zero-order valence-corrected chi connectivity index (χ0v) is 11.5. The Labute approximate surface area is 115 Å². The number of amides is 1. The van der Waals surface area contributed by atoms with Gasteiger partial charge in [-0.2, -0.15) is 4.79 Å². The Balaban J connectivity index is 2.19. The number of hydrogen-bond acceptors (Lipinski definition) is 2. The molecule has 5 nitrogen and oxygen atoms in total. The number of hydrogen-bond donors (Lipinski definition) is 0. The molecule has 5 heteroatoms. The topological polar surface area (TPSA) is 73.8 Å². The van der Waals surface area contributed by atoms with E-state index in [2.05, 4.69) is 4.79 Å². The lowest BCUT2D eigenvalue weighted by molar-refractivity contribution is -0.121. The van der Waals surface area contributed by atoms with Crippen molar-refractivity contribution in [1.29, 1.82) is 0 Å². The van der Waals surface area contributed by atoms with Crippen LogP contribution >= 0.6 is 0 Å². The number of carbonyl (C=O) groups excluding carboxylic acids is 2. The Kier molecular flexibility index (Phi) is 1.68. The summed E-state index contributed by atoms with van der Waals surface area (Å²) < 4.78 is 0. The van der Waals surface area contributed by atoms with Gasteiger partial charge in [0.05, 0.1) is 11.3 Å². The number of benzene rings is 1. The normalized spacial score (nSPS) is 31.9. The van der Waals surface area contributed by atoms with E-state index in [0.717, 1.165) is 11.3 Å². The van der Waals surface area contributed by atoms with Gasteiger partial charge in [0, 0.05) is 23.9 Å². The third-order valence-electron chi connectivity index (χ3n) is 5.39. The quantitative estimate of drug-likeness (QED) is 0.526. The Bertz CT molecular complexity index is 773. The fourth-order valence-corrected chi connectivity index (χ4v) is 4.45. The average Bonchev–Trinajstić information content (AvgIpc) is 2.85. The first kappa shape index (κ1) is 11.6. The fraction of sp³-hybridized carbons (Fsp3) is 0.400. The predicted octanol–water partition coefficient (Wildman–Crippen LogP) is 1.42. The fourth-order valence-electron chi connectivity index (χ4n) is 4.45. The third-order valence-corrected chi connectivity index (χ3v) is 5.39. The Morgan fingerprint density at radius 1 is 1.30 bits per heavy atom. The maximum atomic E-state index is 12.8. The van der Waals surface area contributed by atoms with Crippen LogP contribution in [0.3, 0.4) is 0 Å². The maximum absolute atomic E-state index is 12.8. The van der Waals surface area contributed by atoms with Crippen LogP contribution < -0.4 is 4.90 Å². The van der Waals surface area contributed by atoms with Crippen LogP contribution in [0.4, 0.5) is 5.69 Å². The molecule has 3 aliphatic rings. The summed E-state index contributed by atoms with van der Waals surface area (Å²) in [5.74, 6) is -0.610. The molecule has 0 bridgehead atoms. The van der Waals surface area contributed by atoms with Gasteiger partial charge in [0.15, 0.2) is 0 Å². The third kappa shape index (κ3) is 0.816. The van der Waals surface area contributed by atoms with Crippen molar-refractivity contribution in [3.63, 3.8) is 0 Å². The van der Waals surface area contributed by atoms with E-state index < -0.39 is 10.8 Å². The molecule has 1 fully saturated rings. The standard InChI is InChI=1S/C15H13N3O2/c1-14(2)12-10(17-16)11(19)7-5-4-6-8-9(7)15(12,14)13(20)18(8)3/h4-6,12H,1-3H3. The number of carbonyl (C=O) groups is 2. The zero-order chi connectivity index (χ0) is 14.4. The number of nitrogens with zero attached hydrogens (tertiary/aromatic N) is 3. The minimum absolute atomic E-state index is 0.0106. The Morgan fingerprint density at radius 2 is 2.00 bits per heavy atom. The summed E-state index contributed by atoms with van der Waals surface area (Å²) in [6.07, 6.45) is 0. The van der Waals surface area contributed by atoms with Crippen LogP contribution in [0.1, 0.15) is 29.8 Å². The Morgan fingerprint density at radius 3 is 2.65 bits per heavy atom. The summed E-state index contributed by atoms with van der Waals surface area (Å²) in [5.41, 5.74) is 10.3. The first-order valence-corrected chi connectivity index (χ1v) is 6.59. The second-order valence-corrected chi connectivity index (χ2v) is 6.34. The number of anilines is 1. The van der Waals surface area contributed by atoms with E-state index in [4.69, 9.17) is 0 Å². The Hall–Kier alpha value is -2.26. The molecule has 100 valence electrons. The highest BCUT2D eigenvalue weighted by atomic mass is 16.2. The summed E-state index contributed by atoms with van der Waals surface area (Å²) in [7, 11) is 1.73. The molecule has 1 amide bonds. The van der Waals surface area contributed by atoms with Gasteiger partial charge >= 0.3 is 5.71 Å². The minimum atomic E-state index is -0.733. The van der Waals surface area contributed by atoms with Gasteiger partial charge in [-0.25, -0.2) is 0 Å². The summed E-state index contributed by atoms with van der Waals surface area (Å²) in [4.78, 5) is 30.1. The molecule has 0 saturated heterocycles. The SMILES string of the molecule is CN1C(=O)C23c4c(cccc41)C(=O)C(=[N+]=[N-])C2C3(C)C. The van der Waals surface area contributed by atoms with Crippen molar-refractivity contribution in [2.24, 2.45) is 11.3 Å². The molecule has 0 radical (unpaired) electrons. The largest absolute Gasteiger partial charge is 0.361 e. The number of ketones is 1. The van der Waals surface area contributed by atoms with Crippen LogP contribution in [0.25, 0.3) is 5.53 Å². The first-order chi connectivity index (χ1) is 9.40. The summed E-state index contributed by atoms with van der Waals surface area (Å²) >= 11 is 0. The lowest BCUT2D eigenvalue weighted by atomic mass is 9.80. The molecule has 20 heavy (non-hydrogen) atoms. The van der Waals surface area contributed by atoms with Crippen molar-refractivity contribution in [2.75, 3.05) is 11.9 Å². The van der Waals surface area contributed by atoms with E-state index in [1.54, 1.807) is 24.1 Å².